The molecule has 1 atom stereocenters. The summed E-state index contributed by atoms with van der Waals surface area (Å²) in [6, 6.07) is 11.5. The van der Waals surface area contributed by atoms with Crippen molar-refractivity contribution in [2.45, 2.75) is 33.2 Å². The SMILES string of the molecule is Cc1[c-]cc2c(c1)C(c1ccc([N+](=O)[O-])c(C)c1)=NN(C(=O)n1ccnc1)C(C)C2.[Y]. The molecule has 0 spiro atoms. The van der Waals surface area contributed by atoms with Crippen LogP contribution in [0.15, 0.2) is 54.2 Å². The zero-order chi connectivity index (χ0) is 21.4. The quantitative estimate of drug-likeness (QED) is 0.309. The molecule has 4 rings (SSSR count). The van der Waals surface area contributed by atoms with Crippen molar-refractivity contribution < 1.29 is 42.4 Å². The third-order valence-corrected chi connectivity index (χ3v) is 5.16. The Morgan fingerprint density at radius 3 is 2.71 bits per heavy atom. The number of hydrogen-bond donors (Lipinski definition) is 0. The van der Waals surface area contributed by atoms with Crippen molar-refractivity contribution in [3.63, 3.8) is 0 Å². The van der Waals surface area contributed by atoms with E-state index in [0.717, 1.165) is 16.7 Å². The summed E-state index contributed by atoms with van der Waals surface area (Å²) in [5.41, 5.74) is 4.75. The van der Waals surface area contributed by atoms with Gasteiger partial charge in [0.1, 0.15) is 6.33 Å². The number of benzene rings is 2. The molecule has 0 bridgehead atoms. The van der Waals surface area contributed by atoms with Crippen molar-refractivity contribution in [2.24, 2.45) is 5.10 Å². The maximum absolute atomic E-state index is 13.1. The number of aryl methyl sites for hydroxylation is 2. The second-order valence-electron chi connectivity index (χ2n) is 7.41. The van der Waals surface area contributed by atoms with E-state index in [9.17, 15) is 14.9 Å². The number of hydrazone groups is 1. The van der Waals surface area contributed by atoms with Crippen LogP contribution in [0.5, 0.6) is 0 Å². The first-order chi connectivity index (χ1) is 14.3. The van der Waals surface area contributed by atoms with Gasteiger partial charge in [0.2, 0.25) is 0 Å². The molecule has 0 N–H and O–H groups in total. The molecule has 0 aliphatic carbocycles. The summed E-state index contributed by atoms with van der Waals surface area (Å²) >= 11 is 0. The van der Waals surface area contributed by atoms with Crippen molar-refractivity contribution in [3.05, 3.63) is 93.1 Å². The molecule has 1 aliphatic heterocycles. The first-order valence-corrected chi connectivity index (χ1v) is 9.52. The Balaban J connectivity index is 0.00000272. The van der Waals surface area contributed by atoms with Gasteiger partial charge < -0.3 is 0 Å². The van der Waals surface area contributed by atoms with E-state index in [1.54, 1.807) is 25.3 Å². The van der Waals surface area contributed by atoms with Crippen molar-refractivity contribution in [1.82, 2.24) is 14.6 Å². The summed E-state index contributed by atoms with van der Waals surface area (Å²) in [5, 5.41) is 17.4. The second kappa shape index (κ2) is 9.20. The fourth-order valence-electron chi connectivity index (χ4n) is 3.63. The molecule has 0 saturated carbocycles. The van der Waals surface area contributed by atoms with E-state index in [2.05, 4.69) is 11.1 Å². The number of nitro groups is 1. The van der Waals surface area contributed by atoms with Crippen LogP contribution in [0.25, 0.3) is 0 Å². The summed E-state index contributed by atoms with van der Waals surface area (Å²) in [6.07, 6.45) is 5.16. The van der Waals surface area contributed by atoms with E-state index in [4.69, 9.17) is 5.10 Å². The minimum absolute atomic E-state index is 0. The van der Waals surface area contributed by atoms with Gasteiger partial charge in [0.25, 0.3) is 5.69 Å². The summed E-state index contributed by atoms with van der Waals surface area (Å²) in [6.45, 7) is 5.58. The molecule has 8 nitrogen and oxygen atoms in total. The summed E-state index contributed by atoms with van der Waals surface area (Å²) in [4.78, 5) is 27.9. The van der Waals surface area contributed by atoms with Crippen molar-refractivity contribution in [2.75, 3.05) is 0 Å². The summed E-state index contributed by atoms with van der Waals surface area (Å²) < 4.78 is 1.38. The minimum atomic E-state index is -0.405. The van der Waals surface area contributed by atoms with Crippen molar-refractivity contribution in [3.8, 4) is 0 Å². The van der Waals surface area contributed by atoms with Crippen LogP contribution in [0.4, 0.5) is 10.5 Å². The van der Waals surface area contributed by atoms with Gasteiger partial charge >= 0.3 is 6.03 Å². The molecule has 31 heavy (non-hydrogen) atoms. The van der Waals surface area contributed by atoms with E-state index in [0.29, 0.717) is 23.3 Å². The second-order valence-corrected chi connectivity index (χ2v) is 7.41. The number of nitrogens with zero attached hydrogens (tertiary/aromatic N) is 5. The summed E-state index contributed by atoms with van der Waals surface area (Å²) in [5.74, 6) is 0. The predicted molar refractivity (Wildman–Crippen MR) is 112 cm³/mol. The van der Waals surface area contributed by atoms with E-state index >= 15 is 0 Å². The third kappa shape index (κ3) is 4.50. The van der Waals surface area contributed by atoms with Crippen LogP contribution in [0.2, 0.25) is 0 Å². The zero-order valence-electron chi connectivity index (χ0n) is 17.4. The fraction of sp³-hybridized carbons (Fsp3) is 0.227. The Morgan fingerprint density at radius 1 is 1.29 bits per heavy atom. The number of imidazole rings is 1. The molecule has 3 aromatic rings. The Morgan fingerprint density at radius 2 is 2.06 bits per heavy atom. The molecule has 1 amide bonds. The van der Waals surface area contributed by atoms with Crippen LogP contribution in [0, 0.1) is 30.0 Å². The van der Waals surface area contributed by atoms with Crippen LogP contribution < -0.4 is 0 Å². The fourth-order valence-corrected chi connectivity index (χ4v) is 3.63. The maximum atomic E-state index is 13.1. The standard InChI is InChI=1S/C22H20N5O3.Y/c1-14-4-5-17-12-16(3)26(22(28)25-9-8-23-13-25)24-21(19(17)10-14)18-6-7-20(27(29)30)15(2)11-18;/h5-11,13,16H,12H2,1-3H3;/q-1;. The molecule has 2 heterocycles. The molecule has 1 radical (unpaired) electrons. The van der Waals surface area contributed by atoms with Gasteiger partial charge in [0.15, 0.2) is 0 Å². The van der Waals surface area contributed by atoms with Gasteiger partial charge in [-0.3, -0.25) is 14.7 Å². The first kappa shape index (κ1) is 23.0. The number of carbonyl (C=O) groups excluding carboxylic acids is 1. The van der Waals surface area contributed by atoms with Crippen LogP contribution in [0.3, 0.4) is 0 Å². The predicted octanol–water partition coefficient (Wildman–Crippen LogP) is 3.87. The van der Waals surface area contributed by atoms with Crippen LogP contribution in [-0.4, -0.2) is 37.3 Å². The van der Waals surface area contributed by atoms with E-state index < -0.39 is 4.92 Å². The third-order valence-electron chi connectivity index (χ3n) is 5.16. The number of fused-ring (bicyclic) bond motifs is 1. The number of amides is 1. The van der Waals surface area contributed by atoms with Crippen LogP contribution >= 0.6 is 0 Å². The number of hydrogen-bond acceptors (Lipinski definition) is 5. The molecule has 2 aromatic carbocycles. The molecular formula is C22H20N5O3Y-. The van der Waals surface area contributed by atoms with E-state index in [1.165, 1.54) is 28.2 Å². The molecule has 1 unspecified atom stereocenters. The molecule has 1 aliphatic rings. The summed E-state index contributed by atoms with van der Waals surface area (Å²) in [7, 11) is 0. The number of carbonyl (C=O) groups is 1. The average molecular weight is 491 g/mol. The van der Waals surface area contributed by atoms with Gasteiger partial charge in [-0.05, 0) is 26.0 Å². The Kier molecular flexibility index (Phi) is 6.81. The Hall–Kier alpha value is -2.71. The van der Waals surface area contributed by atoms with Gasteiger partial charge in [-0.15, -0.1) is 11.1 Å². The molecule has 155 valence electrons. The molecule has 0 fully saturated rings. The maximum Gasteiger partial charge on any atom is 0.350 e. The van der Waals surface area contributed by atoms with Gasteiger partial charge in [-0.2, -0.15) is 28.9 Å². The number of aromatic nitrogens is 2. The van der Waals surface area contributed by atoms with Crippen molar-refractivity contribution >= 4 is 17.4 Å². The van der Waals surface area contributed by atoms with Gasteiger partial charge in [-0.25, -0.2) is 14.8 Å². The van der Waals surface area contributed by atoms with Crippen LogP contribution in [0.1, 0.15) is 34.7 Å². The molecule has 0 saturated heterocycles. The van der Waals surface area contributed by atoms with Gasteiger partial charge in [0, 0.05) is 68.3 Å². The Labute approximate surface area is 205 Å². The minimum Gasteiger partial charge on any atom is -0.258 e. The largest absolute Gasteiger partial charge is 0.350 e. The zero-order valence-corrected chi connectivity index (χ0v) is 20.3. The average Bonchev–Trinajstić information content (AvgIpc) is 3.19. The van der Waals surface area contributed by atoms with Gasteiger partial charge in [0.05, 0.1) is 10.6 Å². The monoisotopic (exact) mass is 491 g/mol. The first-order valence-electron chi connectivity index (χ1n) is 9.52. The van der Waals surface area contributed by atoms with E-state index in [1.807, 2.05) is 26.0 Å². The van der Waals surface area contributed by atoms with Crippen LogP contribution in [-0.2, 0) is 39.1 Å². The number of rotatable bonds is 2. The smallest absolute Gasteiger partial charge is 0.258 e. The molecule has 9 heteroatoms. The molecular weight excluding hydrogens is 471 g/mol. The van der Waals surface area contributed by atoms with Crippen molar-refractivity contribution in [1.29, 1.82) is 0 Å². The Bertz CT molecular complexity index is 1170. The topological polar surface area (TPSA) is 93.6 Å². The van der Waals surface area contributed by atoms with Gasteiger partial charge in [-0.1, -0.05) is 13.3 Å². The normalized spacial score (nSPS) is 15.4. The molecule has 1 aromatic heterocycles. The number of nitro benzene ring substituents is 1. The van der Waals surface area contributed by atoms with E-state index in [-0.39, 0.29) is 50.5 Å².